The van der Waals surface area contributed by atoms with Gasteiger partial charge >= 0.3 is 12.1 Å². The molecule has 2 atom stereocenters. The van der Waals surface area contributed by atoms with Crippen LogP contribution in [0.3, 0.4) is 0 Å². The van der Waals surface area contributed by atoms with Gasteiger partial charge in [-0.15, -0.1) is 0 Å². The Bertz CT molecular complexity index is 777. The van der Waals surface area contributed by atoms with Crippen LogP contribution in [-0.4, -0.2) is 41.3 Å². The fraction of sp³-hybridized carbons (Fsp3) is 0.300. The first kappa shape index (κ1) is 18.3. The molecule has 2 aromatic carbocycles. The van der Waals surface area contributed by atoms with Gasteiger partial charge in [0.15, 0.2) is 0 Å². The molecule has 5 nitrogen and oxygen atoms in total. The van der Waals surface area contributed by atoms with E-state index in [1.807, 2.05) is 36.4 Å². The molecule has 0 heterocycles. The van der Waals surface area contributed by atoms with Crippen molar-refractivity contribution < 1.29 is 19.4 Å². The minimum atomic E-state index is -1.07. The average Bonchev–Trinajstić information content (AvgIpc) is 2.97. The number of ether oxygens (including phenoxy) is 1. The first-order valence-electron chi connectivity index (χ1n) is 8.40. The van der Waals surface area contributed by atoms with Crippen LogP contribution in [-0.2, 0) is 9.53 Å². The second-order valence-electron chi connectivity index (χ2n) is 6.23. The summed E-state index contributed by atoms with van der Waals surface area (Å²) in [5.41, 5.74) is 4.54. The molecule has 0 saturated heterocycles. The van der Waals surface area contributed by atoms with Gasteiger partial charge in [-0.3, -0.25) is 0 Å². The monoisotopic (exact) mass is 371 g/mol. The molecule has 1 amide bonds. The average molecular weight is 371 g/mol. The van der Waals surface area contributed by atoms with Gasteiger partial charge in [-0.25, -0.2) is 9.59 Å². The number of carboxylic acid groups (broad SMARTS) is 1. The van der Waals surface area contributed by atoms with Crippen molar-refractivity contribution in [3.63, 3.8) is 0 Å². The Morgan fingerprint density at radius 3 is 2.15 bits per heavy atom. The van der Waals surface area contributed by atoms with Gasteiger partial charge in [0.05, 0.1) is 0 Å². The van der Waals surface area contributed by atoms with Crippen LogP contribution in [0.5, 0.6) is 0 Å². The summed E-state index contributed by atoms with van der Waals surface area (Å²) in [4.78, 5) is 23.5. The highest BCUT2D eigenvalue weighted by Gasteiger charge is 2.30. The van der Waals surface area contributed by atoms with Gasteiger partial charge < -0.3 is 15.2 Å². The smallest absolute Gasteiger partial charge is 0.407 e. The summed E-state index contributed by atoms with van der Waals surface area (Å²) in [5.74, 6) is -1.12. The summed E-state index contributed by atoms with van der Waals surface area (Å²) in [6.45, 7) is 1.92. The van der Waals surface area contributed by atoms with Crippen LogP contribution in [0, 0.1) is 0 Å². The van der Waals surface area contributed by atoms with Gasteiger partial charge in [0, 0.05) is 11.2 Å². The van der Waals surface area contributed by atoms with Crippen LogP contribution < -0.4 is 5.32 Å². The number of benzene rings is 2. The SMILES string of the molecule is CS[C@H](C)[C@H](NC(=O)OCC1c2ccccc2-c2ccccc21)C(=O)O. The molecule has 0 aromatic heterocycles. The van der Waals surface area contributed by atoms with Gasteiger partial charge in [0.2, 0.25) is 0 Å². The molecule has 3 rings (SSSR count). The zero-order valence-electron chi connectivity index (χ0n) is 14.6. The number of amides is 1. The second-order valence-corrected chi connectivity index (χ2v) is 7.44. The number of hydrogen-bond donors (Lipinski definition) is 2. The molecule has 0 bridgehead atoms. The number of alkyl carbamates (subject to hydrolysis) is 1. The Balaban J connectivity index is 1.72. The molecule has 0 unspecified atom stereocenters. The number of carboxylic acids is 1. The van der Waals surface area contributed by atoms with E-state index in [9.17, 15) is 14.7 Å². The van der Waals surface area contributed by atoms with Crippen molar-refractivity contribution in [2.75, 3.05) is 12.9 Å². The van der Waals surface area contributed by atoms with Crippen LogP contribution in [0.15, 0.2) is 48.5 Å². The fourth-order valence-corrected chi connectivity index (χ4v) is 3.74. The summed E-state index contributed by atoms with van der Waals surface area (Å²) in [5, 5.41) is 11.5. The Morgan fingerprint density at radius 2 is 1.65 bits per heavy atom. The molecule has 0 radical (unpaired) electrons. The number of hydrogen-bond acceptors (Lipinski definition) is 4. The lowest BCUT2D eigenvalue weighted by Gasteiger charge is -2.20. The number of thioether (sulfide) groups is 1. The maximum Gasteiger partial charge on any atom is 0.407 e. The second kappa shape index (κ2) is 7.83. The summed E-state index contributed by atoms with van der Waals surface area (Å²) in [6.07, 6.45) is 1.10. The maximum atomic E-state index is 12.2. The van der Waals surface area contributed by atoms with Crippen molar-refractivity contribution in [1.29, 1.82) is 0 Å². The predicted octanol–water partition coefficient (Wildman–Crippen LogP) is 3.73. The topological polar surface area (TPSA) is 75.6 Å². The molecule has 0 fully saturated rings. The minimum absolute atomic E-state index is 0.0469. The number of nitrogens with one attached hydrogen (secondary N) is 1. The number of rotatable bonds is 6. The van der Waals surface area contributed by atoms with Gasteiger partial charge in [0.25, 0.3) is 0 Å². The van der Waals surface area contributed by atoms with Gasteiger partial charge in [-0.1, -0.05) is 55.5 Å². The van der Waals surface area contributed by atoms with Crippen molar-refractivity contribution in [2.24, 2.45) is 0 Å². The van der Waals surface area contributed by atoms with Crippen LogP contribution in [0.4, 0.5) is 4.79 Å². The normalized spacial score (nSPS) is 14.8. The van der Waals surface area contributed by atoms with Crippen LogP contribution in [0.1, 0.15) is 24.0 Å². The molecule has 136 valence electrons. The molecule has 2 N–H and O–H groups in total. The van der Waals surface area contributed by atoms with Crippen molar-refractivity contribution in [3.05, 3.63) is 59.7 Å². The Labute approximate surface area is 156 Å². The van der Waals surface area contributed by atoms with Crippen LogP contribution in [0.25, 0.3) is 11.1 Å². The lowest BCUT2D eigenvalue weighted by molar-refractivity contribution is -0.139. The van der Waals surface area contributed by atoms with E-state index >= 15 is 0 Å². The first-order valence-corrected chi connectivity index (χ1v) is 9.68. The van der Waals surface area contributed by atoms with Crippen molar-refractivity contribution in [2.45, 2.75) is 24.1 Å². The first-order chi connectivity index (χ1) is 12.5. The van der Waals surface area contributed by atoms with Crippen LogP contribution >= 0.6 is 11.8 Å². The van der Waals surface area contributed by atoms with E-state index in [1.165, 1.54) is 11.8 Å². The molecule has 1 aliphatic carbocycles. The third-order valence-electron chi connectivity index (χ3n) is 4.72. The zero-order valence-corrected chi connectivity index (χ0v) is 15.5. The maximum absolute atomic E-state index is 12.2. The number of aliphatic carboxylic acids is 1. The highest BCUT2D eigenvalue weighted by molar-refractivity contribution is 7.99. The summed E-state index contributed by atoms with van der Waals surface area (Å²) in [7, 11) is 0. The minimum Gasteiger partial charge on any atom is -0.480 e. The summed E-state index contributed by atoms with van der Waals surface area (Å²) >= 11 is 1.38. The van der Waals surface area contributed by atoms with E-state index in [0.29, 0.717) is 0 Å². The van der Waals surface area contributed by atoms with E-state index in [2.05, 4.69) is 17.4 Å². The Morgan fingerprint density at radius 1 is 1.12 bits per heavy atom. The molecule has 26 heavy (non-hydrogen) atoms. The molecule has 0 saturated carbocycles. The van der Waals surface area contributed by atoms with Gasteiger partial charge in [-0.05, 0) is 28.5 Å². The van der Waals surface area contributed by atoms with E-state index in [0.717, 1.165) is 22.3 Å². The van der Waals surface area contributed by atoms with Crippen molar-refractivity contribution >= 4 is 23.8 Å². The van der Waals surface area contributed by atoms with E-state index in [4.69, 9.17) is 4.74 Å². The fourth-order valence-electron chi connectivity index (χ4n) is 3.28. The van der Waals surface area contributed by atoms with E-state index in [-0.39, 0.29) is 17.8 Å². The van der Waals surface area contributed by atoms with E-state index in [1.54, 1.807) is 13.2 Å². The molecule has 0 spiro atoms. The Hall–Kier alpha value is -2.47. The number of fused-ring (bicyclic) bond motifs is 3. The van der Waals surface area contributed by atoms with Gasteiger partial charge in [0.1, 0.15) is 12.6 Å². The highest BCUT2D eigenvalue weighted by Crippen LogP contribution is 2.44. The highest BCUT2D eigenvalue weighted by atomic mass is 32.2. The quantitative estimate of drug-likeness (QED) is 0.809. The van der Waals surface area contributed by atoms with E-state index < -0.39 is 18.1 Å². The van der Waals surface area contributed by atoms with Crippen LogP contribution in [0.2, 0.25) is 0 Å². The molecule has 6 heteroatoms. The molecule has 0 aliphatic heterocycles. The van der Waals surface area contributed by atoms with Crippen molar-refractivity contribution in [1.82, 2.24) is 5.32 Å². The largest absolute Gasteiger partial charge is 0.480 e. The third-order valence-corrected chi connectivity index (χ3v) is 5.74. The third kappa shape index (κ3) is 3.55. The molecular weight excluding hydrogens is 350 g/mol. The summed E-state index contributed by atoms with van der Waals surface area (Å²) < 4.78 is 5.39. The molecular formula is C20H21NO4S. The lowest BCUT2D eigenvalue weighted by atomic mass is 9.98. The van der Waals surface area contributed by atoms with Crippen molar-refractivity contribution in [3.8, 4) is 11.1 Å². The Kier molecular flexibility index (Phi) is 5.52. The predicted molar refractivity (Wildman–Crippen MR) is 103 cm³/mol. The molecule has 2 aromatic rings. The van der Waals surface area contributed by atoms with Gasteiger partial charge in [-0.2, -0.15) is 11.8 Å². The zero-order chi connectivity index (χ0) is 18.7. The number of carbonyl (C=O) groups is 2. The number of carbonyl (C=O) groups excluding carboxylic acids is 1. The molecule has 1 aliphatic rings. The lowest BCUT2D eigenvalue weighted by Crippen LogP contribution is -2.46. The standard InChI is InChI=1S/C20H21NO4S/c1-12(26-2)18(19(22)23)21-20(24)25-11-17-15-9-5-3-7-13(15)14-8-4-6-10-16(14)17/h3-10,12,17-18H,11H2,1-2H3,(H,21,24)(H,22,23)/t12-,18+/m1/s1. The summed E-state index contributed by atoms with van der Waals surface area (Å²) in [6, 6.07) is 15.1.